The molecule has 0 aromatic heterocycles. The van der Waals surface area contributed by atoms with Crippen molar-refractivity contribution in [3.8, 4) is 0 Å². The van der Waals surface area contributed by atoms with Crippen molar-refractivity contribution < 1.29 is 38.3 Å². The van der Waals surface area contributed by atoms with Gasteiger partial charge in [0.25, 0.3) is 0 Å². The highest BCUT2D eigenvalue weighted by atomic mass is 16.5. The molecule has 0 aromatic carbocycles. The smallest absolute Gasteiger partial charge is 0.303 e. The van der Waals surface area contributed by atoms with E-state index in [1.165, 1.54) is 18.8 Å². The van der Waals surface area contributed by atoms with Crippen LogP contribution < -0.4 is 0 Å². The molecule has 0 spiro atoms. The quantitative estimate of drug-likeness (QED) is 0.122. The topological polar surface area (TPSA) is 92.7 Å². The van der Waals surface area contributed by atoms with E-state index in [1.807, 2.05) is 0 Å². The molecule has 0 amide bonds. The van der Waals surface area contributed by atoms with E-state index in [0.29, 0.717) is 81.6 Å². The van der Waals surface area contributed by atoms with Gasteiger partial charge in [-0.2, -0.15) is 0 Å². The molecule has 11 atom stereocenters. The monoisotopic (exact) mass is 618 g/mol. The summed E-state index contributed by atoms with van der Waals surface area (Å²) in [5.41, 5.74) is 0.105. The van der Waals surface area contributed by atoms with Gasteiger partial charge in [-0.3, -0.25) is 4.79 Å². The van der Waals surface area contributed by atoms with E-state index >= 15 is 0 Å². The molecule has 8 nitrogen and oxygen atoms in total. The molecule has 0 radical (unpaired) electrons. The molecule has 4 aliphatic rings. The van der Waals surface area contributed by atoms with Gasteiger partial charge in [-0.05, 0) is 92.3 Å². The van der Waals surface area contributed by atoms with Crippen molar-refractivity contribution in [2.45, 2.75) is 96.9 Å². The summed E-state index contributed by atoms with van der Waals surface area (Å²) < 4.78 is 36.1. The first-order valence-corrected chi connectivity index (χ1v) is 16.9. The van der Waals surface area contributed by atoms with Crippen LogP contribution in [0.3, 0.4) is 0 Å². The van der Waals surface area contributed by atoms with Gasteiger partial charge in [0.1, 0.15) is 19.8 Å². The summed E-state index contributed by atoms with van der Waals surface area (Å²) in [6.45, 7) is 21.4. The third-order valence-corrected chi connectivity index (χ3v) is 12.2. The highest BCUT2D eigenvalue weighted by molar-refractivity contribution is 5.66. The summed E-state index contributed by atoms with van der Waals surface area (Å²) >= 11 is 0. The number of carboxylic acid groups (broad SMARTS) is 1. The van der Waals surface area contributed by atoms with Gasteiger partial charge in [-0.15, -0.1) is 0 Å². The number of hydrogen-bond donors (Lipinski definition) is 1. The Morgan fingerprint density at radius 3 is 2.11 bits per heavy atom. The minimum absolute atomic E-state index is 0.0683. The van der Waals surface area contributed by atoms with Crippen molar-refractivity contribution in [3.63, 3.8) is 0 Å². The molecule has 44 heavy (non-hydrogen) atoms. The van der Waals surface area contributed by atoms with Gasteiger partial charge in [-0.1, -0.05) is 40.5 Å². The number of ether oxygens (including phenoxy) is 6. The molecule has 0 bridgehead atoms. The van der Waals surface area contributed by atoms with E-state index in [1.54, 1.807) is 0 Å². The first-order valence-electron chi connectivity index (χ1n) is 16.9. The Labute approximate surface area is 265 Å². The molecule has 0 aliphatic heterocycles. The second-order valence-electron chi connectivity index (χ2n) is 14.1. The van der Waals surface area contributed by atoms with Gasteiger partial charge in [0.05, 0.1) is 56.9 Å². The van der Waals surface area contributed by atoms with Crippen molar-refractivity contribution >= 4 is 5.97 Å². The molecule has 0 heterocycles. The summed E-state index contributed by atoms with van der Waals surface area (Å²) in [7, 11) is 0. The van der Waals surface area contributed by atoms with Crippen LogP contribution in [0.15, 0.2) is 38.5 Å². The lowest BCUT2D eigenvalue weighted by molar-refractivity contribution is -0.229. The molecular formula is C36H58O8. The first kappa shape index (κ1) is 34.8. The number of hydrogen-bond acceptors (Lipinski definition) is 7. The van der Waals surface area contributed by atoms with E-state index in [-0.39, 0.29) is 35.6 Å². The Kier molecular flexibility index (Phi) is 12.7. The zero-order valence-electron chi connectivity index (χ0n) is 27.5. The van der Waals surface area contributed by atoms with Crippen LogP contribution >= 0.6 is 0 Å². The third kappa shape index (κ3) is 7.50. The van der Waals surface area contributed by atoms with Crippen molar-refractivity contribution in [2.75, 3.05) is 39.6 Å². The normalized spacial score (nSPS) is 38.3. The molecule has 4 rings (SSSR count). The van der Waals surface area contributed by atoms with Gasteiger partial charge in [0.2, 0.25) is 0 Å². The van der Waals surface area contributed by atoms with E-state index in [0.717, 1.165) is 44.9 Å². The maximum Gasteiger partial charge on any atom is 0.303 e. The maximum absolute atomic E-state index is 11.5. The summed E-state index contributed by atoms with van der Waals surface area (Å²) in [6, 6.07) is 0. The second-order valence-corrected chi connectivity index (χ2v) is 14.1. The molecule has 1 N–H and O–H groups in total. The zero-order valence-corrected chi connectivity index (χ0v) is 27.5. The van der Waals surface area contributed by atoms with E-state index in [2.05, 4.69) is 40.5 Å². The van der Waals surface area contributed by atoms with Crippen LogP contribution in [-0.4, -0.2) is 69.0 Å². The lowest BCUT2D eigenvalue weighted by Crippen LogP contribution is -2.63. The highest BCUT2D eigenvalue weighted by Gasteiger charge is 2.66. The number of aliphatic carboxylic acids is 1. The van der Waals surface area contributed by atoms with Crippen molar-refractivity contribution in [3.05, 3.63) is 38.5 Å². The Bertz CT molecular complexity index is 954. The van der Waals surface area contributed by atoms with Gasteiger partial charge < -0.3 is 33.5 Å². The van der Waals surface area contributed by atoms with Crippen LogP contribution in [0.5, 0.6) is 0 Å². The molecule has 4 aliphatic carbocycles. The largest absolute Gasteiger partial charge is 0.499 e. The Morgan fingerprint density at radius 1 is 0.841 bits per heavy atom. The SMILES string of the molecule is C=COCCOC1CCC2(C)C(C1)CC(OCCOC=C)C1C2CC(OCCOC=C)C2(C)C(C(C)CCC(=O)O)CCC12. The number of fused-ring (bicyclic) bond motifs is 5. The summed E-state index contributed by atoms with van der Waals surface area (Å²) in [4.78, 5) is 11.5. The zero-order chi connectivity index (χ0) is 31.7. The van der Waals surface area contributed by atoms with Crippen molar-refractivity contribution in [1.29, 1.82) is 0 Å². The third-order valence-electron chi connectivity index (χ3n) is 12.2. The molecule has 11 unspecified atom stereocenters. The van der Waals surface area contributed by atoms with Crippen LogP contribution in [0, 0.1) is 46.3 Å². The van der Waals surface area contributed by atoms with Crippen LogP contribution in [-0.2, 0) is 33.2 Å². The van der Waals surface area contributed by atoms with Gasteiger partial charge in [-0.25, -0.2) is 0 Å². The lowest BCUT2D eigenvalue weighted by Gasteiger charge is -2.64. The van der Waals surface area contributed by atoms with Crippen LogP contribution in [0.2, 0.25) is 0 Å². The number of carbonyl (C=O) groups is 1. The first-order chi connectivity index (χ1) is 21.2. The summed E-state index contributed by atoms with van der Waals surface area (Å²) in [6.07, 6.45) is 13.2. The van der Waals surface area contributed by atoms with Gasteiger partial charge in [0, 0.05) is 11.8 Å². The van der Waals surface area contributed by atoms with Gasteiger partial charge in [0.15, 0.2) is 0 Å². The molecular weight excluding hydrogens is 560 g/mol. The Morgan fingerprint density at radius 2 is 1.48 bits per heavy atom. The summed E-state index contributed by atoms with van der Waals surface area (Å²) in [5, 5.41) is 9.46. The van der Waals surface area contributed by atoms with Gasteiger partial charge >= 0.3 is 5.97 Å². The predicted octanol–water partition coefficient (Wildman–Crippen LogP) is 7.00. The van der Waals surface area contributed by atoms with Crippen LogP contribution in [0.25, 0.3) is 0 Å². The van der Waals surface area contributed by atoms with Crippen LogP contribution in [0.4, 0.5) is 0 Å². The lowest BCUT2D eigenvalue weighted by atomic mass is 9.43. The fourth-order valence-electron chi connectivity index (χ4n) is 10.2. The fraction of sp³-hybridized carbons (Fsp3) is 0.806. The predicted molar refractivity (Wildman–Crippen MR) is 170 cm³/mol. The molecule has 8 heteroatoms. The van der Waals surface area contributed by atoms with Crippen molar-refractivity contribution in [1.82, 2.24) is 0 Å². The maximum atomic E-state index is 11.5. The molecule has 4 fully saturated rings. The molecule has 4 saturated carbocycles. The minimum Gasteiger partial charge on any atom is -0.499 e. The highest BCUT2D eigenvalue weighted by Crippen LogP contribution is 2.69. The van der Waals surface area contributed by atoms with Crippen molar-refractivity contribution in [2.24, 2.45) is 46.3 Å². The molecule has 250 valence electrons. The average molecular weight is 619 g/mol. The Hall–Kier alpha value is -2.03. The van der Waals surface area contributed by atoms with Crippen LogP contribution in [0.1, 0.15) is 78.6 Å². The standard InChI is InChI=1S/C36H58O8/c1-7-39-16-19-42-27-14-15-35(5)26(22-27)23-31(43-20-17-40-8-2)34-29-12-11-28(25(4)10-13-33(37)38)36(29,6)32(24-30(34)35)44-21-18-41-9-3/h7-9,25-32,34H,1-3,10-24H2,4-6H3,(H,37,38). The number of carboxylic acids is 1. The molecule has 0 aromatic rings. The second kappa shape index (κ2) is 16.0. The van der Waals surface area contributed by atoms with E-state index in [4.69, 9.17) is 28.4 Å². The minimum atomic E-state index is -0.719. The number of rotatable bonds is 19. The molecule has 0 saturated heterocycles. The Balaban J connectivity index is 1.63. The van der Waals surface area contributed by atoms with E-state index in [9.17, 15) is 9.90 Å². The summed E-state index contributed by atoms with van der Waals surface area (Å²) in [5.74, 6) is 1.81. The fourth-order valence-corrected chi connectivity index (χ4v) is 10.2. The van der Waals surface area contributed by atoms with E-state index < -0.39 is 5.97 Å². The average Bonchev–Trinajstić information content (AvgIpc) is 3.36.